The molecule has 3 aliphatic rings. The Balaban J connectivity index is 1.69. The number of rotatable bonds is 0. The van der Waals surface area contributed by atoms with Crippen molar-refractivity contribution in [2.45, 2.75) is 44.7 Å². The van der Waals surface area contributed by atoms with Crippen LogP contribution in [0.2, 0.25) is 0 Å². The lowest BCUT2D eigenvalue weighted by Gasteiger charge is -2.51. The number of aryl methyl sites for hydroxylation is 1. The molecule has 0 aromatic heterocycles. The van der Waals surface area contributed by atoms with Crippen molar-refractivity contribution in [1.82, 2.24) is 14.7 Å². The molecular formula is C20H27N3O2. The first-order valence-electron chi connectivity index (χ1n) is 9.35. The highest BCUT2D eigenvalue weighted by Crippen LogP contribution is 2.43. The lowest BCUT2D eigenvalue weighted by molar-refractivity contribution is -0.148. The van der Waals surface area contributed by atoms with Gasteiger partial charge < -0.3 is 14.7 Å². The van der Waals surface area contributed by atoms with Gasteiger partial charge in [0.05, 0.1) is 12.0 Å². The van der Waals surface area contributed by atoms with E-state index in [2.05, 4.69) is 30.0 Å². The molecule has 3 heterocycles. The summed E-state index contributed by atoms with van der Waals surface area (Å²) in [4.78, 5) is 31.5. The second kappa shape index (κ2) is 6.04. The average molecular weight is 341 g/mol. The summed E-state index contributed by atoms with van der Waals surface area (Å²) in [5.74, 6) is 0.227. The van der Waals surface area contributed by atoms with Gasteiger partial charge in [-0.2, -0.15) is 0 Å². The molecule has 3 amide bonds. The van der Waals surface area contributed by atoms with Crippen molar-refractivity contribution in [3.8, 4) is 0 Å². The predicted molar refractivity (Wildman–Crippen MR) is 96.3 cm³/mol. The number of piperidine rings is 2. The van der Waals surface area contributed by atoms with Gasteiger partial charge in [-0.3, -0.25) is 4.79 Å². The number of likely N-dealkylation sites (tertiary alicyclic amines) is 1. The molecule has 2 saturated heterocycles. The Morgan fingerprint density at radius 1 is 1.24 bits per heavy atom. The number of amides is 3. The van der Waals surface area contributed by atoms with Gasteiger partial charge in [-0.1, -0.05) is 23.8 Å². The lowest BCUT2D eigenvalue weighted by atomic mass is 9.76. The largest absolute Gasteiger partial charge is 0.335 e. The van der Waals surface area contributed by atoms with Crippen LogP contribution in [0.4, 0.5) is 4.79 Å². The van der Waals surface area contributed by atoms with E-state index in [1.165, 1.54) is 16.7 Å². The summed E-state index contributed by atoms with van der Waals surface area (Å²) in [5.41, 5.74) is 3.93. The van der Waals surface area contributed by atoms with Gasteiger partial charge in [0.25, 0.3) is 0 Å². The minimum Gasteiger partial charge on any atom is -0.335 e. The van der Waals surface area contributed by atoms with Crippen molar-refractivity contribution in [3.63, 3.8) is 0 Å². The Morgan fingerprint density at radius 2 is 2.04 bits per heavy atom. The Morgan fingerprint density at radius 3 is 2.80 bits per heavy atom. The molecule has 0 radical (unpaired) electrons. The first kappa shape index (κ1) is 16.4. The third kappa shape index (κ3) is 2.60. The highest BCUT2D eigenvalue weighted by molar-refractivity contribution is 5.83. The predicted octanol–water partition coefficient (Wildman–Crippen LogP) is 2.59. The quantitative estimate of drug-likeness (QED) is 0.728. The van der Waals surface area contributed by atoms with E-state index in [1.54, 1.807) is 19.0 Å². The van der Waals surface area contributed by atoms with Crippen LogP contribution in [0.5, 0.6) is 0 Å². The van der Waals surface area contributed by atoms with E-state index in [0.717, 1.165) is 38.8 Å². The van der Waals surface area contributed by atoms with Gasteiger partial charge in [-0.25, -0.2) is 4.79 Å². The monoisotopic (exact) mass is 341 g/mol. The van der Waals surface area contributed by atoms with Gasteiger partial charge in [0, 0.05) is 33.2 Å². The van der Waals surface area contributed by atoms with E-state index in [1.807, 2.05) is 4.90 Å². The molecule has 4 rings (SSSR count). The van der Waals surface area contributed by atoms with Crippen LogP contribution in [0.25, 0.3) is 0 Å². The number of carbonyl (C=O) groups is 2. The van der Waals surface area contributed by atoms with Gasteiger partial charge in [0.1, 0.15) is 0 Å². The Bertz CT molecular complexity index is 715. The normalized spacial score (nSPS) is 28.1. The van der Waals surface area contributed by atoms with Crippen molar-refractivity contribution in [2.75, 3.05) is 27.2 Å². The Labute approximate surface area is 149 Å². The van der Waals surface area contributed by atoms with Gasteiger partial charge in [0.2, 0.25) is 5.91 Å². The summed E-state index contributed by atoms with van der Waals surface area (Å²) in [7, 11) is 3.59. The molecule has 5 heteroatoms. The first-order valence-corrected chi connectivity index (χ1v) is 9.35. The van der Waals surface area contributed by atoms with E-state index in [-0.39, 0.29) is 29.9 Å². The third-order valence-corrected chi connectivity index (χ3v) is 6.13. The minimum atomic E-state index is -0.0269. The summed E-state index contributed by atoms with van der Waals surface area (Å²) >= 11 is 0. The summed E-state index contributed by atoms with van der Waals surface area (Å²) in [6, 6.07) is 6.78. The SMILES string of the molecule is Cc1ccc2c(c1)CCN1C(=O)C3CCCN(C(=O)N(C)C)C3CC21. The summed E-state index contributed by atoms with van der Waals surface area (Å²) < 4.78 is 0. The summed E-state index contributed by atoms with van der Waals surface area (Å²) in [6.45, 7) is 3.69. The summed E-state index contributed by atoms with van der Waals surface area (Å²) in [6.07, 6.45) is 3.63. The fraction of sp³-hybridized carbons (Fsp3) is 0.600. The van der Waals surface area contributed by atoms with Crippen LogP contribution >= 0.6 is 0 Å². The van der Waals surface area contributed by atoms with Gasteiger partial charge in [0.15, 0.2) is 0 Å². The molecule has 0 N–H and O–H groups in total. The van der Waals surface area contributed by atoms with Crippen LogP contribution in [0.1, 0.15) is 42.0 Å². The smallest absolute Gasteiger partial charge is 0.319 e. The van der Waals surface area contributed by atoms with E-state index >= 15 is 0 Å². The standard InChI is InChI=1S/C20H27N3O2/c1-13-6-7-15-14(11-13)8-10-22-17(15)12-18-16(19(22)24)5-4-9-23(18)20(25)21(2)3/h6-7,11,16-18H,4-5,8-10,12H2,1-3H3. The molecule has 5 nitrogen and oxygen atoms in total. The zero-order chi connectivity index (χ0) is 17.7. The Kier molecular flexibility index (Phi) is 3.97. The van der Waals surface area contributed by atoms with Crippen molar-refractivity contribution < 1.29 is 9.59 Å². The molecule has 25 heavy (non-hydrogen) atoms. The van der Waals surface area contributed by atoms with E-state index in [0.29, 0.717) is 0 Å². The molecule has 0 aliphatic carbocycles. The Hall–Kier alpha value is -2.04. The van der Waals surface area contributed by atoms with Crippen molar-refractivity contribution >= 4 is 11.9 Å². The van der Waals surface area contributed by atoms with Crippen molar-refractivity contribution in [2.24, 2.45) is 5.92 Å². The van der Waals surface area contributed by atoms with Crippen LogP contribution in [-0.2, 0) is 11.2 Å². The van der Waals surface area contributed by atoms with Crippen LogP contribution in [-0.4, -0.2) is 59.9 Å². The number of hydrogen-bond acceptors (Lipinski definition) is 2. The van der Waals surface area contributed by atoms with E-state index < -0.39 is 0 Å². The van der Waals surface area contributed by atoms with E-state index in [4.69, 9.17) is 0 Å². The molecular weight excluding hydrogens is 314 g/mol. The molecule has 0 bridgehead atoms. The topological polar surface area (TPSA) is 43.9 Å². The molecule has 134 valence electrons. The molecule has 1 aromatic rings. The molecule has 0 spiro atoms. The second-order valence-corrected chi connectivity index (χ2v) is 7.92. The molecule has 0 saturated carbocycles. The number of benzene rings is 1. The van der Waals surface area contributed by atoms with Gasteiger partial charge in [-0.05, 0) is 43.7 Å². The van der Waals surface area contributed by atoms with Crippen LogP contribution < -0.4 is 0 Å². The number of hydrogen-bond donors (Lipinski definition) is 0. The highest BCUT2D eigenvalue weighted by Gasteiger charge is 2.48. The molecule has 3 unspecified atom stereocenters. The number of fused-ring (bicyclic) bond motifs is 4. The average Bonchev–Trinajstić information content (AvgIpc) is 2.60. The summed E-state index contributed by atoms with van der Waals surface area (Å²) in [5, 5.41) is 0. The molecule has 3 aliphatic heterocycles. The highest BCUT2D eigenvalue weighted by atomic mass is 16.2. The second-order valence-electron chi connectivity index (χ2n) is 7.92. The maximum atomic E-state index is 13.2. The fourth-order valence-electron chi connectivity index (χ4n) is 4.93. The maximum Gasteiger partial charge on any atom is 0.319 e. The third-order valence-electron chi connectivity index (χ3n) is 6.13. The van der Waals surface area contributed by atoms with Gasteiger partial charge in [-0.15, -0.1) is 0 Å². The number of carbonyl (C=O) groups excluding carboxylic acids is 2. The van der Waals surface area contributed by atoms with Crippen LogP contribution in [0, 0.1) is 12.8 Å². The van der Waals surface area contributed by atoms with Crippen LogP contribution in [0.3, 0.4) is 0 Å². The molecule has 1 aromatic carbocycles. The number of nitrogens with zero attached hydrogens (tertiary/aromatic N) is 3. The van der Waals surface area contributed by atoms with E-state index in [9.17, 15) is 9.59 Å². The van der Waals surface area contributed by atoms with Crippen molar-refractivity contribution in [3.05, 3.63) is 34.9 Å². The lowest BCUT2D eigenvalue weighted by Crippen LogP contribution is -2.61. The van der Waals surface area contributed by atoms with Crippen molar-refractivity contribution in [1.29, 1.82) is 0 Å². The van der Waals surface area contributed by atoms with Gasteiger partial charge >= 0.3 is 6.03 Å². The zero-order valence-electron chi connectivity index (χ0n) is 15.4. The molecule has 3 atom stereocenters. The number of urea groups is 1. The minimum absolute atomic E-state index is 0.0269. The zero-order valence-corrected chi connectivity index (χ0v) is 15.4. The maximum absolute atomic E-state index is 13.2. The first-order chi connectivity index (χ1) is 12.0. The van der Waals surface area contributed by atoms with Crippen LogP contribution in [0.15, 0.2) is 18.2 Å². The molecule has 2 fully saturated rings. The fourth-order valence-corrected chi connectivity index (χ4v) is 4.93.